The number of rotatable bonds is 2. The van der Waals surface area contributed by atoms with Crippen LogP contribution in [0.1, 0.15) is 12.6 Å². The van der Waals surface area contributed by atoms with Crippen molar-refractivity contribution >= 4 is 5.52 Å². The molecule has 1 unspecified atom stereocenters. The van der Waals surface area contributed by atoms with E-state index in [1.165, 1.54) is 0 Å². The fraction of sp³-hybridized carbons (Fsp3) is 0.364. The van der Waals surface area contributed by atoms with Gasteiger partial charge >= 0.3 is 0 Å². The number of nitrogens with zero attached hydrogens (tertiary/aromatic N) is 4. The lowest BCUT2D eigenvalue weighted by molar-refractivity contribution is 0.562. The molecular weight excluding hydrogens is 204 g/mol. The topological polar surface area (TPSA) is 63.1 Å². The molecule has 0 aliphatic carbocycles. The van der Waals surface area contributed by atoms with Crippen molar-refractivity contribution in [3.05, 3.63) is 34.5 Å². The Kier molecular flexibility index (Phi) is 2.49. The van der Waals surface area contributed by atoms with Crippen molar-refractivity contribution in [2.75, 3.05) is 0 Å². The summed E-state index contributed by atoms with van der Waals surface area (Å²) in [6.07, 6.45) is 3.39. The third kappa shape index (κ3) is 1.70. The third-order valence-electron chi connectivity index (χ3n) is 2.42. The van der Waals surface area contributed by atoms with Crippen LogP contribution in [0.15, 0.2) is 23.3 Å². The lowest BCUT2D eigenvalue weighted by Crippen LogP contribution is -2.23. The molecule has 16 heavy (non-hydrogen) atoms. The van der Waals surface area contributed by atoms with Gasteiger partial charge in [0.2, 0.25) is 0 Å². The Hall–Kier alpha value is -2.09. The molecular formula is C11H12N4O. The molecule has 0 fully saturated rings. The molecule has 2 aromatic rings. The first-order valence-electron chi connectivity index (χ1n) is 5.07. The van der Waals surface area contributed by atoms with Gasteiger partial charge in [0, 0.05) is 18.9 Å². The molecule has 82 valence electrons. The zero-order valence-corrected chi connectivity index (χ0v) is 9.21. The van der Waals surface area contributed by atoms with Crippen molar-refractivity contribution in [2.24, 2.45) is 5.92 Å². The molecule has 5 nitrogen and oxygen atoms in total. The van der Waals surface area contributed by atoms with E-state index in [2.05, 4.69) is 11.2 Å². The predicted molar refractivity (Wildman–Crippen MR) is 59.0 cm³/mol. The highest BCUT2D eigenvalue weighted by molar-refractivity contribution is 5.44. The van der Waals surface area contributed by atoms with Crippen LogP contribution in [0.3, 0.4) is 0 Å². The van der Waals surface area contributed by atoms with Gasteiger partial charge in [-0.25, -0.2) is 4.52 Å². The van der Waals surface area contributed by atoms with Crippen LogP contribution in [0.4, 0.5) is 0 Å². The molecule has 1 atom stereocenters. The summed E-state index contributed by atoms with van der Waals surface area (Å²) in [4.78, 5) is 12.0. The maximum Gasteiger partial charge on any atom is 0.276 e. The minimum absolute atomic E-state index is 0.106. The van der Waals surface area contributed by atoms with Crippen LogP contribution < -0.4 is 5.56 Å². The van der Waals surface area contributed by atoms with Crippen LogP contribution in [-0.2, 0) is 6.54 Å². The molecule has 2 aromatic heterocycles. The van der Waals surface area contributed by atoms with Crippen LogP contribution in [0, 0.1) is 24.2 Å². The van der Waals surface area contributed by atoms with Crippen LogP contribution in [0.25, 0.3) is 5.52 Å². The summed E-state index contributed by atoms with van der Waals surface area (Å²) in [6, 6.07) is 3.86. The van der Waals surface area contributed by atoms with Crippen LogP contribution >= 0.6 is 0 Å². The average molecular weight is 216 g/mol. The van der Waals surface area contributed by atoms with Gasteiger partial charge in [0.15, 0.2) is 0 Å². The summed E-state index contributed by atoms with van der Waals surface area (Å²) in [6.45, 7) is 4.04. The predicted octanol–water partition coefficient (Wildman–Crippen LogP) is 0.964. The Balaban J connectivity index is 2.53. The summed E-state index contributed by atoms with van der Waals surface area (Å²) in [7, 11) is 0. The van der Waals surface area contributed by atoms with E-state index in [1.54, 1.807) is 34.5 Å². The number of aromatic nitrogens is 3. The molecule has 0 radical (unpaired) electrons. The van der Waals surface area contributed by atoms with Crippen molar-refractivity contribution in [2.45, 2.75) is 20.4 Å². The second kappa shape index (κ2) is 3.81. The summed E-state index contributed by atoms with van der Waals surface area (Å²) < 4.78 is 3.11. The number of hydrogen-bond donors (Lipinski definition) is 0. The van der Waals surface area contributed by atoms with E-state index < -0.39 is 0 Å². The van der Waals surface area contributed by atoms with Crippen molar-refractivity contribution in [3.63, 3.8) is 0 Å². The van der Waals surface area contributed by atoms with E-state index >= 15 is 0 Å². The molecule has 0 aliphatic heterocycles. The highest BCUT2D eigenvalue weighted by Gasteiger charge is 2.07. The van der Waals surface area contributed by atoms with Crippen LogP contribution in [-0.4, -0.2) is 14.2 Å². The number of nitriles is 1. The van der Waals surface area contributed by atoms with E-state index in [0.717, 1.165) is 5.69 Å². The summed E-state index contributed by atoms with van der Waals surface area (Å²) >= 11 is 0. The van der Waals surface area contributed by atoms with Crippen molar-refractivity contribution < 1.29 is 0 Å². The normalized spacial score (nSPS) is 12.6. The Morgan fingerprint density at radius 2 is 2.31 bits per heavy atom. The molecule has 5 heteroatoms. The van der Waals surface area contributed by atoms with Crippen molar-refractivity contribution in [3.8, 4) is 6.07 Å². The molecule has 0 aliphatic rings. The van der Waals surface area contributed by atoms with Crippen molar-refractivity contribution in [1.82, 2.24) is 14.2 Å². The summed E-state index contributed by atoms with van der Waals surface area (Å²) in [5.41, 5.74) is 1.25. The minimum Gasteiger partial charge on any atom is -0.311 e. The van der Waals surface area contributed by atoms with Crippen LogP contribution in [0.2, 0.25) is 0 Å². The Morgan fingerprint density at radius 1 is 1.56 bits per heavy atom. The average Bonchev–Trinajstić information content (AvgIpc) is 2.64. The quantitative estimate of drug-likeness (QED) is 0.751. The largest absolute Gasteiger partial charge is 0.311 e. The Morgan fingerprint density at radius 3 is 3.00 bits per heavy atom. The van der Waals surface area contributed by atoms with E-state index in [0.29, 0.717) is 12.1 Å². The van der Waals surface area contributed by atoms with E-state index in [1.807, 2.05) is 6.92 Å². The SMILES string of the molecule is Cc1cc2c(=O)n(CC(C)C#N)ccn2n1. The molecule has 0 N–H and O–H groups in total. The maximum absolute atomic E-state index is 12.0. The molecule has 0 bridgehead atoms. The van der Waals surface area contributed by atoms with E-state index in [-0.39, 0.29) is 11.5 Å². The van der Waals surface area contributed by atoms with Gasteiger partial charge in [-0.05, 0) is 19.9 Å². The van der Waals surface area contributed by atoms with Gasteiger partial charge in [0.1, 0.15) is 5.52 Å². The lowest BCUT2D eigenvalue weighted by atomic mass is 10.2. The molecule has 2 rings (SSSR count). The number of fused-ring (bicyclic) bond motifs is 1. The first-order valence-corrected chi connectivity index (χ1v) is 5.07. The zero-order valence-electron chi connectivity index (χ0n) is 9.21. The van der Waals surface area contributed by atoms with E-state index in [4.69, 9.17) is 5.26 Å². The summed E-state index contributed by atoms with van der Waals surface area (Å²) in [5, 5.41) is 12.9. The van der Waals surface area contributed by atoms with Gasteiger partial charge in [-0.3, -0.25) is 4.79 Å². The molecule has 0 spiro atoms. The highest BCUT2D eigenvalue weighted by atomic mass is 16.1. The fourth-order valence-electron chi connectivity index (χ4n) is 1.63. The molecule has 0 saturated heterocycles. The van der Waals surface area contributed by atoms with Gasteiger partial charge in [-0.15, -0.1) is 0 Å². The van der Waals surface area contributed by atoms with Crippen LogP contribution in [0.5, 0.6) is 0 Å². The van der Waals surface area contributed by atoms with Gasteiger partial charge in [0.25, 0.3) is 5.56 Å². The Bertz CT molecular complexity index is 617. The molecule has 0 saturated carbocycles. The van der Waals surface area contributed by atoms with Gasteiger partial charge in [-0.1, -0.05) is 0 Å². The highest BCUT2D eigenvalue weighted by Crippen LogP contribution is 2.02. The minimum atomic E-state index is -0.177. The number of aryl methyl sites for hydroxylation is 1. The first-order chi connectivity index (χ1) is 7.61. The van der Waals surface area contributed by atoms with Gasteiger partial charge in [-0.2, -0.15) is 10.4 Å². The second-order valence-electron chi connectivity index (χ2n) is 3.90. The van der Waals surface area contributed by atoms with Crippen molar-refractivity contribution in [1.29, 1.82) is 5.26 Å². The second-order valence-corrected chi connectivity index (χ2v) is 3.90. The number of hydrogen-bond acceptors (Lipinski definition) is 3. The molecule has 2 heterocycles. The molecule has 0 amide bonds. The summed E-state index contributed by atoms with van der Waals surface area (Å²) in [5.74, 6) is -0.177. The smallest absolute Gasteiger partial charge is 0.276 e. The maximum atomic E-state index is 12.0. The van der Waals surface area contributed by atoms with E-state index in [9.17, 15) is 4.79 Å². The lowest BCUT2D eigenvalue weighted by Gasteiger charge is -2.06. The zero-order chi connectivity index (χ0) is 11.7. The first kappa shape index (κ1) is 10.4. The van der Waals surface area contributed by atoms with Gasteiger partial charge in [0.05, 0.1) is 17.7 Å². The monoisotopic (exact) mass is 216 g/mol. The molecule has 0 aromatic carbocycles. The van der Waals surface area contributed by atoms with Gasteiger partial charge < -0.3 is 4.57 Å². The Labute approximate surface area is 92.5 Å². The fourth-order valence-corrected chi connectivity index (χ4v) is 1.63. The standard InChI is InChI=1S/C11H12N4O/c1-8(6-12)7-14-3-4-15-10(11(14)16)5-9(2)13-15/h3-5,8H,7H2,1-2H3. The third-order valence-corrected chi connectivity index (χ3v) is 2.42.